The molecule has 0 saturated carbocycles. The summed E-state index contributed by atoms with van der Waals surface area (Å²) in [6.07, 6.45) is -3.33. The van der Waals surface area contributed by atoms with Crippen LogP contribution in [-0.2, 0) is 15.8 Å². The Balaban J connectivity index is 1.66. The Bertz CT molecular complexity index is 1220. The van der Waals surface area contributed by atoms with Crippen molar-refractivity contribution in [2.75, 3.05) is 4.90 Å². The van der Waals surface area contributed by atoms with Crippen molar-refractivity contribution < 1.29 is 27.2 Å². The number of fused-ring (bicyclic) bond motifs is 2. The monoisotopic (exact) mass is 452 g/mol. The van der Waals surface area contributed by atoms with Gasteiger partial charge in [0.25, 0.3) is 0 Å². The van der Waals surface area contributed by atoms with E-state index in [0.29, 0.717) is 20.6 Å². The van der Waals surface area contributed by atoms with Crippen LogP contribution in [0.1, 0.15) is 22.1 Å². The Morgan fingerprint density at radius 3 is 2.50 bits per heavy atom. The molecule has 1 saturated heterocycles. The topological polar surface area (TPSA) is 83.4 Å². The van der Waals surface area contributed by atoms with E-state index >= 15 is 0 Å². The van der Waals surface area contributed by atoms with Crippen molar-refractivity contribution in [3.05, 3.63) is 68.5 Å². The summed E-state index contributed by atoms with van der Waals surface area (Å²) >= 11 is 1.89. The van der Waals surface area contributed by atoms with E-state index in [2.05, 4.69) is 4.98 Å². The molecule has 0 bridgehead atoms. The Hall–Kier alpha value is -2.79. The number of hydrogen-bond donors (Lipinski definition) is 1. The highest BCUT2D eigenvalue weighted by molar-refractivity contribution is 8.00. The highest BCUT2D eigenvalue weighted by Gasteiger charge is 2.58. The third-order valence-electron chi connectivity index (χ3n) is 5.12. The van der Waals surface area contributed by atoms with Gasteiger partial charge in [-0.15, -0.1) is 0 Å². The van der Waals surface area contributed by atoms with Gasteiger partial charge in [0.1, 0.15) is 11.0 Å². The number of para-hydroxylation sites is 1. The molecule has 1 aromatic carbocycles. The summed E-state index contributed by atoms with van der Waals surface area (Å²) in [7, 11) is 0. The number of alkyl halides is 3. The Morgan fingerprint density at radius 2 is 1.80 bits per heavy atom. The van der Waals surface area contributed by atoms with Gasteiger partial charge in [0, 0.05) is 0 Å². The normalized spacial score (nSPS) is 23.6. The Kier molecular flexibility index (Phi) is 4.23. The quantitative estimate of drug-likeness (QED) is 0.598. The Morgan fingerprint density at radius 1 is 1.03 bits per heavy atom. The van der Waals surface area contributed by atoms with Gasteiger partial charge in [-0.3, -0.25) is 14.4 Å². The maximum atomic E-state index is 13.5. The molecule has 1 N–H and O–H groups in total. The molecule has 4 heterocycles. The number of aromatic amines is 1. The van der Waals surface area contributed by atoms with Crippen molar-refractivity contribution in [1.29, 1.82) is 0 Å². The van der Waals surface area contributed by atoms with E-state index in [0.717, 1.165) is 35.2 Å². The second kappa shape index (κ2) is 6.61. The van der Waals surface area contributed by atoms with Gasteiger partial charge in [-0.05, 0) is 24.3 Å². The molecular weight excluding hydrogens is 441 g/mol. The smallest absolute Gasteiger partial charge is 0.418 e. The second-order valence-corrected chi connectivity index (χ2v) is 8.96. The third kappa shape index (κ3) is 2.76. The predicted octanol–water partition coefficient (Wildman–Crippen LogP) is 3.84. The molecule has 3 aromatic rings. The van der Waals surface area contributed by atoms with E-state index in [9.17, 15) is 27.6 Å². The van der Waals surface area contributed by atoms with Gasteiger partial charge < -0.3 is 9.40 Å². The number of rotatable bonds is 2. The minimum atomic E-state index is -4.73. The van der Waals surface area contributed by atoms with E-state index in [1.165, 1.54) is 18.4 Å². The summed E-state index contributed by atoms with van der Waals surface area (Å²) in [5, 5.41) is -0.550. The number of hydrogen-bond acceptors (Lipinski definition) is 6. The maximum Gasteiger partial charge on any atom is 0.418 e. The van der Waals surface area contributed by atoms with Crippen molar-refractivity contribution in [2.24, 2.45) is 5.92 Å². The lowest BCUT2D eigenvalue weighted by Gasteiger charge is -2.27. The van der Waals surface area contributed by atoms with Crippen LogP contribution in [0.5, 0.6) is 0 Å². The average Bonchev–Trinajstić information content (AvgIpc) is 3.39. The minimum Gasteiger partial charge on any atom is -0.469 e. The maximum absolute atomic E-state index is 13.5. The van der Waals surface area contributed by atoms with Crippen molar-refractivity contribution in [1.82, 2.24) is 4.98 Å². The Labute approximate surface area is 174 Å². The molecule has 2 aliphatic heterocycles. The molecule has 3 atom stereocenters. The van der Waals surface area contributed by atoms with Gasteiger partial charge in [0.15, 0.2) is 0 Å². The number of carbonyl (C=O) groups is 2. The minimum absolute atomic E-state index is 0.344. The number of nitrogens with zero attached hydrogens (tertiary/aromatic N) is 1. The van der Waals surface area contributed by atoms with Crippen LogP contribution in [0, 0.1) is 5.92 Å². The first-order chi connectivity index (χ1) is 14.3. The molecule has 5 rings (SSSR count). The van der Waals surface area contributed by atoms with Crippen LogP contribution in [0.3, 0.4) is 0 Å². The summed E-state index contributed by atoms with van der Waals surface area (Å²) in [5.74, 6) is -2.87. The lowest BCUT2D eigenvalue weighted by molar-refractivity contribution is -0.137. The number of anilines is 1. The molecule has 6 nitrogen and oxygen atoms in total. The summed E-state index contributed by atoms with van der Waals surface area (Å²) in [6, 6.07) is 7.73. The van der Waals surface area contributed by atoms with Crippen molar-refractivity contribution >= 4 is 40.6 Å². The van der Waals surface area contributed by atoms with Crippen molar-refractivity contribution in [3.8, 4) is 0 Å². The number of halogens is 3. The van der Waals surface area contributed by atoms with E-state index in [1.54, 1.807) is 12.1 Å². The molecule has 0 spiro atoms. The number of aromatic nitrogens is 1. The SMILES string of the molecule is O=C1C2Sc3[nH]c(=O)sc3C(c3ccco3)C2C(=O)N1c1ccccc1C(F)(F)F. The number of thioether (sulfide) groups is 1. The van der Waals surface area contributed by atoms with Crippen LogP contribution in [0.4, 0.5) is 18.9 Å². The van der Waals surface area contributed by atoms with Gasteiger partial charge in [0.2, 0.25) is 11.8 Å². The highest BCUT2D eigenvalue weighted by atomic mass is 32.2. The number of thiazole rings is 1. The fraction of sp³-hybridized carbons (Fsp3) is 0.211. The fourth-order valence-corrected chi connectivity index (χ4v) is 6.43. The lowest BCUT2D eigenvalue weighted by atomic mass is 9.87. The zero-order valence-corrected chi connectivity index (χ0v) is 16.4. The molecule has 3 unspecified atom stereocenters. The number of nitrogens with one attached hydrogen (secondary N) is 1. The van der Waals surface area contributed by atoms with Gasteiger partial charge in [-0.25, -0.2) is 4.90 Å². The van der Waals surface area contributed by atoms with Crippen LogP contribution in [0.2, 0.25) is 0 Å². The highest BCUT2D eigenvalue weighted by Crippen LogP contribution is 2.53. The van der Waals surface area contributed by atoms with Crippen LogP contribution >= 0.6 is 23.1 Å². The second-order valence-electron chi connectivity index (χ2n) is 6.79. The zero-order chi connectivity index (χ0) is 21.2. The van der Waals surface area contributed by atoms with E-state index < -0.39 is 46.3 Å². The number of benzene rings is 1. The predicted molar refractivity (Wildman–Crippen MR) is 103 cm³/mol. The molecule has 1 fully saturated rings. The summed E-state index contributed by atoms with van der Waals surface area (Å²) in [4.78, 5) is 41.9. The van der Waals surface area contributed by atoms with Crippen molar-refractivity contribution in [2.45, 2.75) is 22.4 Å². The van der Waals surface area contributed by atoms with E-state index in [1.807, 2.05) is 0 Å². The first-order valence-corrected chi connectivity index (χ1v) is 10.4. The molecule has 2 aliphatic rings. The molecular formula is C19H11F3N2O4S2. The molecule has 0 aliphatic carbocycles. The fourth-order valence-electron chi connectivity index (χ4n) is 3.94. The van der Waals surface area contributed by atoms with Crippen LogP contribution in [-0.4, -0.2) is 22.0 Å². The van der Waals surface area contributed by atoms with Gasteiger partial charge in [-0.2, -0.15) is 13.2 Å². The van der Waals surface area contributed by atoms with Crippen LogP contribution in [0.15, 0.2) is 56.9 Å². The van der Waals surface area contributed by atoms with Gasteiger partial charge in [-0.1, -0.05) is 35.2 Å². The van der Waals surface area contributed by atoms with Gasteiger partial charge >= 0.3 is 11.0 Å². The number of imide groups is 1. The number of amides is 2. The molecule has 11 heteroatoms. The van der Waals surface area contributed by atoms with E-state index in [4.69, 9.17) is 4.42 Å². The first-order valence-electron chi connectivity index (χ1n) is 8.74. The van der Waals surface area contributed by atoms with E-state index in [-0.39, 0.29) is 4.87 Å². The lowest BCUT2D eigenvalue weighted by Crippen LogP contribution is -2.33. The summed E-state index contributed by atoms with van der Waals surface area (Å²) in [6.45, 7) is 0. The molecule has 30 heavy (non-hydrogen) atoms. The largest absolute Gasteiger partial charge is 0.469 e. The van der Waals surface area contributed by atoms with Crippen molar-refractivity contribution in [3.63, 3.8) is 0 Å². The van der Waals surface area contributed by atoms with Crippen LogP contribution < -0.4 is 9.77 Å². The average molecular weight is 452 g/mol. The van der Waals surface area contributed by atoms with Crippen LogP contribution in [0.25, 0.3) is 0 Å². The summed E-state index contributed by atoms with van der Waals surface area (Å²) in [5.41, 5.74) is -1.56. The number of H-pyrrole nitrogens is 1. The zero-order valence-electron chi connectivity index (χ0n) is 14.8. The molecule has 0 radical (unpaired) electrons. The molecule has 154 valence electrons. The molecule has 2 amide bonds. The number of furan rings is 1. The third-order valence-corrected chi connectivity index (χ3v) is 7.53. The standard InChI is InChI=1S/C19H11F3N2O4S2/c20-19(21,22)8-4-1-2-5-9(8)24-16(25)12-11(10-6-3-7-28-10)13-15(23-18(27)30-13)29-14(12)17(24)26/h1-7,11-12,14H,(H,23,27). The summed E-state index contributed by atoms with van der Waals surface area (Å²) < 4.78 is 46.1. The number of carbonyl (C=O) groups excluding carboxylic acids is 2. The van der Waals surface area contributed by atoms with Gasteiger partial charge in [0.05, 0.1) is 39.3 Å². The molecule has 2 aromatic heterocycles. The first kappa shape index (κ1) is 19.2.